The third kappa shape index (κ3) is 3.49. The van der Waals surface area contributed by atoms with Gasteiger partial charge in [-0.05, 0) is 19.8 Å². The Morgan fingerprint density at radius 2 is 2.08 bits per heavy atom. The first-order chi connectivity index (χ1) is 11.6. The van der Waals surface area contributed by atoms with E-state index >= 15 is 0 Å². The summed E-state index contributed by atoms with van der Waals surface area (Å²) in [5.41, 5.74) is 0. The Hall–Kier alpha value is -2.20. The summed E-state index contributed by atoms with van der Waals surface area (Å²) >= 11 is 0. The Labute approximate surface area is 140 Å². The molecule has 0 unspecified atom stereocenters. The number of piperidine rings is 1. The predicted molar refractivity (Wildman–Crippen MR) is 87.2 cm³/mol. The highest BCUT2D eigenvalue weighted by atomic mass is 32.2. The van der Waals surface area contributed by atoms with Crippen LogP contribution in [0.2, 0.25) is 0 Å². The number of imidazole rings is 1. The highest BCUT2D eigenvalue weighted by molar-refractivity contribution is 7.89. The molecule has 10 heteroatoms. The summed E-state index contributed by atoms with van der Waals surface area (Å²) in [6, 6.07) is 0.120. The second-order valence-corrected chi connectivity index (χ2v) is 7.29. The molecule has 0 radical (unpaired) electrons. The minimum atomic E-state index is -3.50. The van der Waals surface area contributed by atoms with E-state index in [9.17, 15) is 8.42 Å². The predicted octanol–water partition coefficient (Wildman–Crippen LogP) is 0.864. The van der Waals surface area contributed by atoms with Gasteiger partial charge in [-0.15, -0.1) is 0 Å². The number of H-pyrrole nitrogens is 1. The lowest BCUT2D eigenvalue weighted by atomic mass is 10.1. The van der Waals surface area contributed by atoms with Crippen LogP contribution in [-0.2, 0) is 10.0 Å². The zero-order valence-electron chi connectivity index (χ0n) is 13.3. The Bertz CT molecular complexity index is 757. The van der Waals surface area contributed by atoms with Crippen molar-refractivity contribution in [2.24, 2.45) is 0 Å². The SMILES string of the molecule is CCOc1nccnc1NC1CCN(S(=O)(=O)c2cnc[nH]2)CC1. The van der Waals surface area contributed by atoms with E-state index in [0.29, 0.717) is 44.2 Å². The summed E-state index contributed by atoms with van der Waals surface area (Å²) < 4.78 is 31.8. The van der Waals surface area contributed by atoms with Gasteiger partial charge in [0.05, 0.1) is 19.1 Å². The maximum absolute atomic E-state index is 12.4. The average molecular weight is 352 g/mol. The number of hydrogen-bond donors (Lipinski definition) is 2. The number of ether oxygens (including phenoxy) is 1. The summed E-state index contributed by atoms with van der Waals surface area (Å²) in [6.45, 7) is 3.26. The van der Waals surface area contributed by atoms with Crippen molar-refractivity contribution in [2.75, 3.05) is 25.0 Å². The average Bonchev–Trinajstić information content (AvgIpc) is 3.13. The van der Waals surface area contributed by atoms with Crippen molar-refractivity contribution >= 4 is 15.8 Å². The van der Waals surface area contributed by atoms with E-state index in [0.717, 1.165) is 0 Å². The molecule has 24 heavy (non-hydrogen) atoms. The largest absolute Gasteiger partial charge is 0.475 e. The van der Waals surface area contributed by atoms with Crippen LogP contribution in [0.5, 0.6) is 5.88 Å². The summed E-state index contributed by atoms with van der Waals surface area (Å²) in [7, 11) is -3.50. The Balaban J connectivity index is 1.62. The number of nitrogens with one attached hydrogen (secondary N) is 2. The molecule has 0 amide bonds. The van der Waals surface area contributed by atoms with Gasteiger partial charge in [-0.25, -0.2) is 23.4 Å². The number of sulfonamides is 1. The van der Waals surface area contributed by atoms with Crippen molar-refractivity contribution in [3.8, 4) is 5.88 Å². The van der Waals surface area contributed by atoms with Gasteiger partial charge in [-0.3, -0.25) is 0 Å². The first-order valence-corrected chi connectivity index (χ1v) is 9.24. The van der Waals surface area contributed by atoms with Gasteiger partial charge in [-0.1, -0.05) is 0 Å². The van der Waals surface area contributed by atoms with E-state index in [4.69, 9.17) is 4.74 Å². The van der Waals surface area contributed by atoms with Crippen molar-refractivity contribution in [3.63, 3.8) is 0 Å². The van der Waals surface area contributed by atoms with E-state index in [1.54, 1.807) is 12.4 Å². The van der Waals surface area contributed by atoms with Crippen LogP contribution in [0.3, 0.4) is 0 Å². The quantitative estimate of drug-likeness (QED) is 0.793. The van der Waals surface area contributed by atoms with Crippen LogP contribution in [0.15, 0.2) is 29.9 Å². The fourth-order valence-corrected chi connectivity index (χ4v) is 3.99. The Morgan fingerprint density at radius 1 is 1.33 bits per heavy atom. The monoisotopic (exact) mass is 352 g/mol. The lowest BCUT2D eigenvalue weighted by Crippen LogP contribution is -2.42. The molecule has 0 saturated carbocycles. The third-order valence-electron chi connectivity index (χ3n) is 3.83. The molecule has 2 N–H and O–H groups in total. The molecule has 1 aliphatic rings. The number of nitrogens with zero attached hydrogens (tertiary/aromatic N) is 4. The first-order valence-electron chi connectivity index (χ1n) is 7.80. The number of hydrogen-bond acceptors (Lipinski definition) is 7. The van der Waals surface area contributed by atoms with Crippen LogP contribution in [-0.4, -0.2) is 58.4 Å². The van der Waals surface area contributed by atoms with Crippen LogP contribution >= 0.6 is 0 Å². The molecule has 1 aliphatic heterocycles. The molecule has 2 aromatic heterocycles. The lowest BCUT2D eigenvalue weighted by Gasteiger charge is -2.31. The summed E-state index contributed by atoms with van der Waals surface area (Å²) in [5, 5.41) is 3.43. The molecule has 1 fully saturated rings. The van der Waals surface area contributed by atoms with Gasteiger partial charge in [0.15, 0.2) is 10.8 Å². The fraction of sp³-hybridized carbons (Fsp3) is 0.500. The maximum atomic E-state index is 12.4. The van der Waals surface area contributed by atoms with E-state index in [-0.39, 0.29) is 11.1 Å². The Kier molecular flexibility index (Phi) is 4.95. The van der Waals surface area contributed by atoms with Gasteiger partial charge in [0.25, 0.3) is 15.9 Å². The zero-order valence-corrected chi connectivity index (χ0v) is 14.2. The van der Waals surface area contributed by atoms with Crippen molar-refractivity contribution in [3.05, 3.63) is 24.9 Å². The smallest absolute Gasteiger partial charge is 0.260 e. The molecule has 0 bridgehead atoms. The van der Waals surface area contributed by atoms with Gasteiger partial charge in [-0.2, -0.15) is 4.31 Å². The van der Waals surface area contributed by atoms with Crippen molar-refractivity contribution in [2.45, 2.75) is 30.8 Å². The second-order valence-electron chi connectivity index (χ2n) is 5.38. The van der Waals surface area contributed by atoms with Crippen molar-refractivity contribution in [1.29, 1.82) is 0 Å². The van der Waals surface area contributed by atoms with Crippen LogP contribution in [0, 0.1) is 0 Å². The van der Waals surface area contributed by atoms with Crippen LogP contribution < -0.4 is 10.1 Å². The third-order valence-corrected chi connectivity index (χ3v) is 5.66. The normalized spacial score (nSPS) is 16.9. The molecule has 9 nitrogen and oxygen atoms in total. The first kappa shape index (κ1) is 16.7. The van der Waals surface area contributed by atoms with Crippen LogP contribution in [0.25, 0.3) is 0 Å². The molecule has 130 valence electrons. The molecule has 0 atom stereocenters. The van der Waals surface area contributed by atoms with E-state index in [2.05, 4.69) is 25.3 Å². The molecular formula is C14H20N6O3S. The maximum Gasteiger partial charge on any atom is 0.260 e. The molecule has 0 aliphatic carbocycles. The molecule has 0 aromatic carbocycles. The number of anilines is 1. The number of rotatable bonds is 6. The van der Waals surface area contributed by atoms with Gasteiger partial charge < -0.3 is 15.0 Å². The van der Waals surface area contributed by atoms with Crippen molar-refractivity contribution < 1.29 is 13.2 Å². The highest BCUT2D eigenvalue weighted by Crippen LogP contribution is 2.24. The minimum Gasteiger partial charge on any atom is -0.475 e. The van der Waals surface area contributed by atoms with Gasteiger partial charge in [0, 0.05) is 31.5 Å². The Morgan fingerprint density at radius 3 is 2.75 bits per heavy atom. The molecule has 2 aromatic rings. The molecule has 3 heterocycles. The van der Waals surface area contributed by atoms with E-state index < -0.39 is 10.0 Å². The fourth-order valence-electron chi connectivity index (χ4n) is 2.62. The number of aromatic amines is 1. The molecular weight excluding hydrogens is 332 g/mol. The van der Waals surface area contributed by atoms with Gasteiger partial charge in [0.2, 0.25) is 0 Å². The van der Waals surface area contributed by atoms with Gasteiger partial charge >= 0.3 is 0 Å². The molecule has 0 spiro atoms. The molecule has 1 saturated heterocycles. The molecule has 3 rings (SSSR count). The van der Waals surface area contributed by atoms with E-state index in [1.807, 2.05) is 6.92 Å². The van der Waals surface area contributed by atoms with Crippen LogP contribution in [0.1, 0.15) is 19.8 Å². The second kappa shape index (κ2) is 7.14. The minimum absolute atomic E-state index is 0.120. The lowest BCUT2D eigenvalue weighted by molar-refractivity contribution is 0.318. The number of aromatic nitrogens is 4. The zero-order chi connectivity index (χ0) is 17.0. The summed E-state index contributed by atoms with van der Waals surface area (Å²) in [5.74, 6) is 1.06. The topological polar surface area (TPSA) is 113 Å². The van der Waals surface area contributed by atoms with Crippen LogP contribution in [0.4, 0.5) is 5.82 Å². The van der Waals surface area contributed by atoms with Crippen molar-refractivity contribution in [1.82, 2.24) is 24.2 Å². The van der Waals surface area contributed by atoms with E-state index in [1.165, 1.54) is 16.8 Å². The highest BCUT2D eigenvalue weighted by Gasteiger charge is 2.30. The summed E-state index contributed by atoms with van der Waals surface area (Å²) in [6.07, 6.45) is 7.22. The van der Waals surface area contributed by atoms with Gasteiger partial charge in [0.1, 0.15) is 0 Å². The summed E-state index contributed by atoms with van der Waals surface area (Å²) in [4.78, 5) is 14.8. The standard InChI is InChI=1S/C14H20N6O3S/c1-2-23-14-13(16-5-6-17-14)19-11-3-7-20(8-4-11)24(21,22)12-9-15-10-18-12/h5-6,9-11H,2-4,7-8H2,1H3,(H,15,18)(H,16,19).